The van der Waals surface area contributed by atoms with E-state index in [1.807, 2.05) is 0 Å². The Bertz CT molecular complexity index is 179. The van der Waals surface area contributed by atoms with Crippen LogP contribution in [0.25, 0.3) is 0 Å². The second-order valence-electron chi connectivity index (χ2n) is 4.38. The summed E-state index contributed by atoms with van der Waals surface area (Å²) in [5, 5.41) is 0. The largest absolute Gasteiger partial charge is 0.371 e. The average Bonchev–Trinajstić information content (AvgIpc) is 2.66. The molecule has 1 heteroatoms. The Hall–Kier alpha value is -0.460. The zero-order chi connectivity index (χ0) is 7.90. The molecule has 11 heavy (non-hydrogen) atoms. The van der Waals surface area contributed by atoms with Gasteiger partial charge in [0.2, 0.25) is 0 Å². The Kier molecular flexibility index (Phi) is 1.48. The monoisotopic (exact) mass is 151 g/mol. The molecule has 0 aromatic rings. The van der Waals surface area contributed by atoms with Crippen molar-refractivity contribution in [1.29, 1.82) is 0 Å². The third-order valence-electron chi connectivity index (χ3n) is 3.16. The van der Waals surface area contributed by atoms with E-state index < -0.39 is 0 Å². The third-order valence-corrected chi connectivity index (χ3v) is 3.16. The van der Waals surface area contributed by atoms with Gasteiger partial charge in [-0.05, 0) is 43.9 Å². The predicted octanol–water partition coefficient (Wildman–Crippen LogP) is 2.39. The molecule has 1 atom stereocenters. The van der Waals surface area contributed by atoms with Crippen LogP contribution in [0.4, 0.5) is 0 Å². The normalized spacial score (nSPS) is 31.8. The maximum Gasteiger partial charge on any atom is 0.0456 e. The van der Waals surface area contributed by atoms with E-state index in [1.165, 1.54) is 25.8 Å². The van der Waals surface area contributed by atoms with E-state index in [0.717, 1.165) is 5.41 Å². The Morgan fingerprint density at radius 2 is 2.27 bits per heavy atom. The molecule has 2 aliphatic rings. The van der Waals surface area contributed by atoms with Gasteiger partial charge in [-0.1, -0.05) is 6.92 Å². The average molecular weight is 151 g/mol. The van der Waals surface area contributed by atoms with Crippen LogP contribution in [0.5, 0.6) is 0 Å². The van der Waals surface area contributed by atoms with Crippen LogP contribution in [0, 0.1) is 5.41 Å². The highest BCUT2D eigenvalue weighted by Crippen LogP contribution is 2.48. The van der Waals surface area contributed by atoms with Gasteiger partial charge >= 0.3 is 0 Å². The minimum Gasteiger partial charge on any atom is -0.371 e. The summed E-state index contributed by atoms with van der Waals surface area (Å²) in [6.07, 6.45) is 8.78. The van der Waals surface area contributed by atoms with Crippen LogP contribution in [-0.4, -0.2) is 17.5 Å². The maximum absolute atomic E-state index is 2.43. The van der Waals surface area contributed by atoms with Crippen molar-refractivity contribution in [2.75, 3.05) is 6.54 Å². The lowest BCUT2D eigenvalue weighted by atomic mass is 10.0. The molecule has 1 aliphatic carbocycles. The van der Waals surface area contributed by atoms with Crippen molar-refractivity contribution in [3.05, 3.63) is 12.3 Å². The fourth-order valence-electron chi connectivity index (χ4n) is 1.52. The van der Waals surface area contributed by atoms with Crippen molar-refractivity contribution in [2.45, 2.75) is 39.2 Å². The molecule has 0 radical (unpaired) electrons. The molecule has 0 aromatic heterocycles. The number of nitrogens with zero attached hydrogens (tertiary/aromatic N) is 1. The molecule has 62 valence electrons. The van der Waals surface area contributed by atoms with Gasteiger partial charge in [0.25, 0.3) is 0 Å². The van der Waals surface area contributed by atoms with Gasteiger partial charge in [0, 0.05) is 12.6 Å². The molecule has 1 aliphatic heterocycles. The van der Waals surface area contributed by atoms with Gasteiger partial charge in [-0.3, -0.25) is 0 Å². The number of rotatable bonds is 3. The van der Waals surface area contributed by atoms with Gasteiger partial charge in [0.05, 0.1) is 0 Å². The maximum atomic E-state index is 2.43. The van der Waals surface area contributed by atoms with Crippen LogP contribution in [-0.2, 0) is 0 Å². The Morgan fingerprint density at radius 3 is 2.64 bits per heavy atom. The molecule has 0 aromatic carbocycles. The molecular formula is C10H17N. The van der Waals surface area contributed by atoms with Crippen LogP contribution < -0.4 is 0 Å². The molecule has 1 nitrogen and oxygen atoms in total. The minimum atomic E-state index is 0.706. The van der Waals surface area contributed by atoms with E-state index in [9.17, 15) is 0 Å². The van der Waals surface area contributed by atoms with Gasteiger partial charge in [-0.2, -0.15) is 0 Å². The van der Waals surface area contributed by atoms with Crippen LogP contribution >= 0.6 is 0 Å². The first-order valence-electron chi connectivity index (χ1n) is 4.64. The van der Waals surface area contributed by atoms with Crippen LogP contribution in [0.15, 0.2) is 12.3 Å². The standard InChI is InChI=1S/C10H17N/c1-9-3-7-11(9)8-6-10(2)4-5-10/h3,7,9H,4-6,8H2,1-2H3. The third kappa shape index (κ3) is 1.42. The summed E-state index contributed by atoms with van der Waals surface area (Å²) < 4.78 is 0. The fourth-order valence-corrected chi connectivity index (χ4v) is 1.52. The van der Waals surface area contributed by atoms with Gasteiger partial charge < -0.3 is 4.90 Å². The molecule has 1 saturated carbocycles. The van der Waals surface area contributed by atoms with E-state index in [-0.39, 0.29) is 0 Å². The van der Waals surface area contributed by atoms with Crippen molar-refractivity contribution in [3.63, 3.8) is 0 Å². The Labute approximate surface area is 69.1 Å². The molecule has 1 unspecified atom stereocenters. The summed E-state index contributed by atoms with van der Waals surface area (Å²) in [6.45, 7) is 5.94. The highest BCUT2D eigenvalue weighted by molar-refractivity contribution is 5.05. The second kappa shape index (κ2) is 2.26. The van der Waals surface area contributed by atoms with Crippen molar-refractivity contribution < 1.29 is 0 Å². The van der Waals surface area contributed by atoms with Gasteiger partial charge in [-0.25, -0.2) is 0 Å². The molecule has 0 bridgehead atoms. The Balaban J connectivity index is 1.71. The highest BCUT2D eigenvalue weighted by Gasteiger charge is 2.37. The summed E-state index contributed by atoms with van der Waals surface area (Å²) in [5.74, 6) is 0. The molecule has 1 fully saturated rings. The van der Waals surface area contributed by atoms with Crippen LogP contribution in [0.3, 0.4) is 0 Å². The molecule has 0 amide bonds. The lowest BCUT2D eigenvalue weighted by molar-refractivity contribution is 0.266. The topological polar surface area (TPSA) is 3.24 Å². The molecule has 0 saturated heterocycles. The van der Waals surface area contributed by atoms with Gasteiger partial charge in [0.1, 0.15) is 0 Å². The second-order valence-corrected chi connectivity index (χ2v) is 4.38. The van der Waals surface area contributed by atoms with Crippen molar-refractivity contribution in [3.8, 4) is 0 Å². The van der Waals surface area contributed by atoms with E-state index in [4.69, 9.17) is 0 Å². The van der Waals surface area contributed by atoms with E-state index in [0.29, 0.717) is 6.04 Å². The summed E-state index contributed by atoms with van der Waals surface area (Å²) in [4.78, 5) is 2.43. The smallest absolute Gasteiger partial charge is 0.0456 e. The molecule has 0 N–H and O–H groups in total. The van der Waals surface area contributed by atoms with Crippen LogP contribution in [0.2, 0.25) is 0 Å². The van der Waals surface area contributed by atoms with E-state index in [1.54, 1.807) is 0 Å². The number of hydrogen-bond acceptors (Lipinski definition) is 1. The summed E-state index contributed by atoms with van der Waals surface area (Å²) >= 11 is 0. The first-order valence-corrected chi connectivity index (χ1v) is 4.64. The summed E-state index contributed by atoms with van der Waals surface area (Å²) in [6, 6.07) is 0.706. The number of hydrogen-bond donors (Lipinski definition) is 0. The lowest BCUT2D eigenvalue weighted by Crippen LogP contribution is -2.35. The predicted molar refractivity (Wildman–Crippen MR) is 47.3 cm³/mol. The lowest BCUT2D eigenvalue weighted by Gasteiger charge is -2.33. The van der Waals surface area contributed by atoms with Crippen molar-refractivity contribution in [2.24, 2.45) is 5.41 Å². The summed E-state index contributed by atoms with van der Waals surface area (Å²) in [5.41, 5.74) is 0.725. The van der Waals surface area contributed by atoms with Crippen molar-refractivity contribution >= 4 is 0 Å². The Morgan fingerprint density at radius 1 is 1.55 bits per heavy atom. The molecular weight excluding hydrogens is 134 g/mol. The minimum absolute atomic E-state index is 0.706. The summed E-state index contributed by atoms with van der Waals surface area (Å²) in [7, 11) is 0. The quantitative estimate of drug-likeness (QED) is 0.598. The molecule has 2 rings (SSSR count). The van der Waals surface area contributed by atoms with Crippen molar-refractivity contribution in [1.82, 2.24) is 4.90 Å². The zero-order valence-electron chi connectivity index (χ0n) is 7.51. The molecule has 1 heterocycles. The highest BCUT2D eigenvalue weighted by atomic mass is 15.2. The first kappa shape index (κ1) is 7.20. The molecule has 0 spiro atoms. The van der Waals surface area contributed by atoms with Gasteiger partial charge in [0.15, 0.2) is 0 Å². The van der Waals surface area contributed by atoms with Crippen LogP contribution in [0.1, 0.15) is 33.1 Å². The SMILES string of the molecule is CC1C=CN1CCC1(C)CC1. The van der Waals surface area contributed by atoms with E-state index >= 15 is 0 Å². The first-order chi connectivity index (χ1) is 5.20. The van der Waals surface area contributed by atoms with E-state index in [2.05, 4.69) is 31.0 Å². The zero-order valence-corrected chi connectivity index (χ0v) is 7.51. The van der Waals surface area contributed by atoms with Gasteiger partial charge in [-0.15, -0.1) is 0 Å². The fraction of sp³-hybridized carbons (Fsp3) is 0.800.